The van der Waals surface area contributed by atoms with Crippen LogP contribution in [0.4, 0.5) is 5.69 Å². The zero-order chi connectivity index (χ0) is 11.3. The fourth-order valence-electron chi connectivity index (χ4n) is 1.22. The van der Waals surface area contributed by atoms with Crippen molar-refractivity contribution in [3.05, 3.63) is 28.2 Å². The lowest BCUT2D eigenvalue weighted by Gasteiger charge is -2.05. The van der Waals surface area contributed by atoms with E-state index in [1.165, 1.54) is 0 Å². The summed E-state index contributed by atoms with van der Waals surface area (Å²) in [6, 6.07) is 5.76. The van der Waals surface area contributed by atoms with Crippen LogP contribution in [-0.2, 0) is 4.79 Å². The average molecular weight is 266 g/mol. The minimum atomic E-state index is -0.0505. The van der Waals surface area contributed by atoms with E-state index in [0.717, 1.165) is 15.7 Å². The Balaban J connectivity index is 2.65. The molecule has 0 saturated heterocycles. The molecule has 0 saturated carbocycles. The third kappa shape index (κ3) is 4.18. The second-order valence-corrected chi connectivity index (χ2v) is 4.19. The van der Waals surface area contributed by atoms with Crippen LogP contribution in [0.1, 0.15) is 18.4 Å². The summed E-state index contributed by atoms with van der Waals surface area (Å²) in [7, 11) is 0. The van der Waals surface area contributed by atoms with E-state index in [1.54, 1.807) is 0 Å². The number of hydrogen-bond acceptors (Lipinski definition) is 1. The van der Waals surface area contributed by atoms with Gasteiger partial charge in [0.05, 0.1) is 0 Å². The van der Waals surface area contributed by atoms with Gasteiger partial charge in [-0.05, 0) is 30.7 Å². The molecule has 0 atom stereocenters. The number of amides is 1. The highest BCUT2D eigenvalue weighted by Crippen LogP contribution is 2.19. The van der Waals surface area contributed by atoms with Crippen LogP contribution in [-0.4, -0.2) is 5.91 Å². The molecule has 0 unspecified atom stereocenters. The fourth-order valence-corrected chi connectivity index (χ4v) is 1.83. The van der Waals surface area contributed by atoms with Crippen molar-refractivity contribution in [2.24, 2.45) is 0 Å². The summed E-state index contributed by atoms with van der Waals surface area (Å²) in [4.78, 5) is 11.4. The lowest BCUT2D eigenvalue weighted by Crippen LogP contribution is -2.10. The smallest absolute Gasteiger partial charge is 0.225 e. The number of rotatable bonds is 3. The van der Waals surface area contributed by atoms with Crippen LogP contribution in [0, 0.1) is 19.3 Å². The highest BCUT2D eigenvalue weighted by molar-refractivity contribution is 9.10. The average Bonchev–Trinajstić information content (AvgIpc) is 2.13. The Morgan fingerprint density at radius 1 is 1.53 bits per heavy atom. The molecular weight excluding hydrogens is 254 g/mol. The summed E-state index contributed by atoms with van der Waals surface area (Å²) < 4.78 is 0.953. The van der Waals surface area contributed by atoms with Crippen molar-refractivity contribution >= 4 is 27.5 Å². The Bertz CT molecular complexity index is 386. The van der Waals surface area contributed by atoms with Crippen molar-refractivity contribution in [3.8, 4) is 12.3 Å². The summed E-state index contributed by atoms with van der Waals surface area (Å²) >= 11 is 3.37. The minimum Gasteiger partial charge on any atom is -0.326 e. The van der Waals surface area contributed by atoms with Crippen LogP contribution in [0.5, 0.6) is 0 Å². The second-order valence-electron chi connectivity index (χ2n) is 3.27. The molecule has 3 heteroatoms. The zero-order valence-corrected chi connectivity index (χ0v) is 10.1. The molecule has 0 aliphatic carbocycles. The van der Waals surface area contributed by atoms with E-state index in [9.17, 15) is 4.79 Å². The van der Waals surface area contributed by atoms with E-state index in [4.69, 9.17) is 6.42 Å². The molecule has 15 heavy (non-hydrogen) atoms. The fraction of sp³-hybridized carbons (Fsp3) is 0.250. The van der Waals surface area contributed by atoms with Crippen LogP contribution in [0.2, 0.25) is 0 Å². The third-order valence-corrected chi connectivity index (χ3v) is 2.28. The highest BCUT2D eigenvalue weighted by atomic mass is 79.9. The topological polar surface area (TPSA) is 29.1 Å². The SMILES string of the molecule is C#CCCC(=O)Nc1cc(C)cc(Br)c1. The van der Waals surface area contributed by atoms with Gasteiger partial charge in [0, 0.05) is 23.0 Å². The summed E-state index contributed by atoms with van der Waals surface area (Å²) in [5.41, 5.74) is 1.89. The normalized spacial score (nSPS) is 9.40. The molecule has 0 aliphatic heterocycles. The van der Waals surface area contributed by atoms with Crippen molar-refractivity contribution in [1.29, 1.82) is 0 Å². The van der Waals surface area contributed by atoms with Crippen molar-refractivity contribution < 1.29 is 4.79 Å². The van der Waals surface area contributed by atoms with Crippen LogP contribution < -0.4 is 5.32 Å². The lowest BCUT2D eigenvalue weighted by atomic mass is 10.2. The summed E-state index contributed by atoms with van der Waals surface area (Å²) in [5, 5.41) is 2.79. The monoisotopic (exact) mass is 265 g/mol. The first kappa shape index (κ1) is 11.8. The Morgan fingerprint density at radius 3 is 2.87 bits per heavy atom. The maximum atomic E-state index is 11.4. The minimum absolute atomic E-state index is 0.0505. The number of carbonyl (C=O) groups is 1. The summed E-state index contributed by atoms with van der Waals surface area (Å²) in [6.45, 7) is 1.97. The molecule has 2 nitrogen and oxygen atoms in total. The largest absolute Gasteiger partial charge is 0.326 e. The molecule has 0 spiro atoms. The first-order valence-corrected chi connectivity index (χ1v) is 5.41. The molecule has 0 fully saturated rings. The van der Waals surface area contributed by atoms with Gasteiger partial charge in [0.2, 0.25) is 5.91 Å². The molecule has 1 aromatic carbocycles. The van der Waals surface area contributed by atoms with Gasteiger partial charge in [-0.15, -0.1) is 12.3 Å². The quantitative estimate of drug-likeness (QED) is 0.837. The maximum absolute atomic E-state index is 11.4. The van der Waals surface area contributed by atoms with Gasteiger partial charge in [-0.25, -0.2) is 0 Å². The van der Waals surface area contributed by atoms with E-state index < -0.39 is 0 Å². The molecule has 1 aromatic rings. The van der Waals surface area contributed by atoms with Crippen LogP contribution >= 0.6 is 15.9 Å². The first-order chi connectivity index (χ1) is 7.11. The molecule has 0 bridgehead atoms. The standard InChI is InChI=1S/C12H12BrNO/c1-3-4-5-12(15)14-11-7-9(2)6-10(13)8-11/h1,6-8H,4-5H2,2H3,(H,14,15). The predicted molar refractivity (Wildman–Crippen MR) is 65.6 cm³/mol. The number of nitrogens with one attached hydrogen (secondary N) is 1. The Kier molecular flexibility index (Phi) is 4.38. The van der Waals surface area contributed by atoms with Gasteiger partial charge in [0.25, 0.3) is 0 Å². The maximum Gasteiger partial charge on any atom is 0.225 e. The number of hydrogen-bond donors (Lipinski definition) is 1. The molecule has 0 aromatic heterocycles. The molecule has 78 valence electrons. The molecular formula is C12H12BrNO. The van der Waals surface area contributed by atoms with Crippen molar-refractivity contribution in [1.82, 2.24) is 0 Å². The predicted octanol–water partition coefficient (Wildman–Crippen LogP) is 3.11. The third-order valence-electron chi connectivity index (χ3n) is 1.82. The Hall–Kier alpha value is -1.27. The van der Waals surface area contributed by atoms with E-state index in [0.29, 0.717) is 12.8 Å². The van der Waals surface area contributed by atoms with E-state index >= 15 is 0 Å². The molecule has 0 radical (unpaired) electrons. The van der Waals surface area contributed by atoms with Crippen LogP contribution in [0.15, 0.2) is 22.7 Å². The van der Waals surface area contributed by atoms with Crippen LogP contribution in [0.3, 0.4) is 0 Å². The van der Waals surface area contributed by atoms with E-state index in [2.05, 4.69) is 27.2 Å². The van der Waals surface area contributed by atoms with Crippen molar-refractivity contribution in [2.45, 2.75) is 19.8 Å². The van der Waals surface area contributed by atoms with E-state index in [1.807, 2.05) is 25.1 Å². The molecule has 1 N–H and O–H groups in total. The van der Waals surface area contributed by atoms with E-state index in [-0.39, 0.29) is 5.91 Å². The van der Waals surface area contributed by atoms with Crippen LogP contribution in [0.25, 0.3) is 0 Å². The number of terminal acetylenes is 1. The van der Waals surface area contributed by atoms with Gasteiger partial charge < -0.3 is 5.32 Å². The second kappa shape index (κ2) is 5.57. The van der Waals surface area contributed by atoms with Gasteiger partial charge >= 0.3 is 0 Å². The Morgan fingerprint density at radius 2 is 2.27 bits per heavy atom. The number of benzene rings is 1. The van der Waals surface area contributed by atoms with Crippen molar-refractivity contribution in [3.63, 3.8) is 0 Å². The van der Waals surface area contributed by atoms with Gasteiger partial charge in [-0.1, -0.05) is 15.9 Å². The van der Waals surface area contributed by atoms with Gasteiger partial charge in [0.15, 0.2) is 0 Å². The number of anilines is 1. The first-order valence-electron chi connectivity index (χ1n) is 4.62. The number of carbonyl (C=O) groups excluding carboxylic acids is 1. The van der Waals surface area contributed by atoms with Crippen molar-refractivity contribution in [2.75, 3.05) is 5.32 Å². The molecule has 0 aliphatic rings. The van der Waals surface area contributed by atoms with Gasteiger partial charge in [-0.3, -0.25) is 4.79 Å². The highest BCUT2D eigenvalue weighted by Gasteiger charge is 2.02. The number of aryl methyl sites for hydroxylation is 1. The zero-order valence-electron chi connectivity index (χ0n) is 8.51. The Labute approximate surface area is 98.2 Å². The van der Waals surface area contributed by atoms with Gasteiger partial charge in [-0.2, -0.15) is 0 Å². The lowest BCUT2D eigenvalue weighted by molar-refractivity contribution is -0.116. The molecule has 1 rings (SSSR count). The molecule has 0 heterocycles. The summed E-state index contributed by atoms with van der Waals surface area (Å²) in [6.07, 6.45) is 5.92. The summed E-state index contributed by atoms with van der Waals surface area (Å²) in [5.74, 6) is 2.39. The van der Waals surface area contributed by atoms with Gasteiger partial charge in [0.1, 0.15) is 0 Å². The number of halogens is 1. The molecule has 1 amide bonds.